The Morgan fingerprint density at radius 3 is 2.60 bits per heavy atom. The summed E-state index contributed by atoms with van der Waals surface area (Å²) in [5.41, 5.74) is 2.45. The number of carbonyl (C=O) groups is 1. The number of benzene rings is 2. The van der Waals surface area contributed by atoms with E-state index < -0.39 is 0 Å². The Morgan fingerprint density at radius 1 is 1.23 bits per heavy atom. The predicted octanol–water partition coefficient (Wildman–Crippen LogP) is 3.65. The summed E-state index contributed by atoms with van der Waals surface area (Å²) in [6, 6.07) is 12.6. The Morgan fingerprint density at radius 2 is 1.97 bits per heavy atom. The van der Waals surface area contributed by atoms with Gasteiger partial charge in [-0.15, -0.1) is 24.0 Å². The smallest absolute Gasteiger partial charge is 0.259 e. The lowest BCUT2D eigenvalue weighted by molar-refractivity contribution is -0.130. The highest BCUT2D eigenvalue weighted by Crippen LogP contribution is 2.16. The summed E-state index contributed by atoms with van der Waals surface area (Å²) in [5, 5.41) is 6.49. The van der Waals surface area contributed by atoms with Gasteiger partial charge in [0.1, 0.15) is 11.6 Å². The molecule has 2 rings (SSSR count). The number of rotatable bonds is 7. The van der Waals surface area contributed by atoms with Crippen LogP contribution in [0.5, 0.6) is 5.75 Å². The van der Waals surface area contributed by atoms with Crippen molar-refractivity contribution in [2.24, 2.45) is 4.99 Å². The molecule has 2 N–H and O–H groups in total. The van der Waals surface area contributed by atoms with Crippen LogP contribution in [0, 0.1) is 12.7 Å². The number of guanidine groups is 1. The topological polar surface area (TPSA) is 66.0 Å². The van der Waals surface area contributed by atoms with Crippen molar-refractivity contribution in [2.45, 2.75) is 26.4 Å². The highest BCUT2D eigenvalue weighted by Gasteiger charge is 2.10. The molecule has 1 atom stereocenters. The molecule has 1 amide bonds. The quantitative estimate of drug-likeness (QED) is 0.327. The molecular weight excluding hydrogens is 498 g/mol. The van der Waals surface area contributed by atoms with Crippen LogP contribution in [-0.4, -0.2) is 44.5 Å². The van der Waals surface area contributed by atoms with E-state index in [9.17, 15) is 9.18 Å². The lowest BCUT2D eigenvalue weighted by Gasteiger charge is -2.19. The van der Waals surface area contributed by atoms with E-state index in [0.717, 1.165) is 11.1 Å². The van der Waals surface area contributed by atoms with E-state index in [1.165, 1.54) is 11.0 Å². The highest BCUT2D eigenvalue weighted by atomic mass is 127. The zero-order chi connectivity index (χ0) is 21.4. The van der Waals surface area contributed by atoms with E-state index in [2.05, 4.69) is 15.6 Å². The third-order valence-corrected chi connectivity index (χ3v) is 4.49. The number of likely N-dealkylation sites (N-methyl/N-ethyl adjacent to an activating group) is 1. The largest absolute Gasteiger partial charge is 0.484 e. The van der Waals surface area contributed by atoms with E-state index >= 15 is 0 Å². The van der Waals surface area contributed by atoms with Crippen molar-refractivity contribution in [1.82, 2.24) is 15.5 Å². The Bertz CT molecular complexity index is 874. The van der Waals surface area contributed by atoms with Crippen LogP contribution in [-0.2, 0) is 11.3 Å². The summed E-state index contributed by atoms with van der Waals surface area (Å²) in [5.74, 6) is 0.918. The molecule has 0 spiro atoms. The molecular formula is C22H30FIN4O2. The van der Waals surface area contributed by atoms with Crippen LogP contribution in [0.25, 0.3) is 0 Å². The second-order valence-electron chi connectivity index (χ2n) is 7.02. The number of halogens is 2. The fourth-order valence-corrected chi connectivity index (χ4v) is 2.57. The molecule has 0 aliphatic rings. The van der Waals surface area contributed by atoms with Gasteiger partial charge in [0.15, 0.2) is 12.6 Å². The average molecular weight is 528 g/mol. The minimum absolute atomic E-state index is 0. The Hall–Kier alpha value is -2.36. The number of nitrogens with zero attached hydrogens (tertiary/aromatic N) is 2. The summed E-state index contributed by atoms with van der Waals surface area (Å²) in [6.45, 7) is 4.21. The van der Waals surface area contributed by atoms with Crippen LogP contribution in [0.4, 0.5) is 4.39 Å². The van der Waals surface area contributed by atoms with Gasteiger partial charge >= 0.3 is 0 Å². The highest BCUT2D eigenvalue weighted by molar-refractivity contribution is 14.0. The van der Waals surface area contributed by atoms with Gasteiger partial charge in [0.05, 0.1) is 6.04 Å². The predicted molar refractivity (Wildman–Crippen MR) is 129 cm³/mol. The van der Waals surface area contributed by atoms with E-state index in [4.69, 9.17) is 4.74 Å². The molecule has 0 radical (unpaired) electrons. The number of aryl methyl sites for hydroxylation is 1. The molecule has 0 heterocycles. The van der Waals surface area contributed by atoms with Gasteiger partial charge < -0.3 is 20.3 Å². The molecule has 1 unspecified atom stereocenters. The second-order valence-corrected chi connectivity index (χ2v) is 7.02. The van der Waals surface area contributed by atoms with Gasteiger partial charge in [-0.3, -0.25) is 9.79 Å². The van der Waals surface area contributed by atoms with Crippen molar-refractivity contribution in [2.75, 3.05) is 27.7 Å². The molecule has 2 aromatic carbocycles. The normalized spacial score (nSPS) is 11.9. The minimum atomic E-state index is -0.219. The van der Waals surface area contributed by atoms with Crippen molar-refractivity contribution in [3.8, 4) is 5.75 Å². The third kappa shape index (κ3) is 7.81. The number of aliphatic imine (C=N–C) groups is 1. The van der Waals surface area contributed by atoms with Gasteiger partial charge in [0, 0.05) is 27.7 Å². The average Bonchev–Trinajstić information content (AvgIpc) is 2.71. The first-order chi connectivity index (χ1) is 13.8. The summed E-state index contributed by atoms with van der Waals surface area (Å²) < 4.78 is 19.4. The van der Waals surface area contributed by atoms with Gasteiger partial charge in [-0.05, 0) is 48.7 Å². The van der Waals surface area contributed by atoms with E-state index in [0.29, 0.717) is 23.8 Å². The maximum Gasteiger partial charge on any atom is 0.259 e. The summed E-state index contributed by atoms with van der Waals surface area (Å²) in [7, 11) is 5.07. The van der Waals surface area contributed by atoms with Gasteiger partial charge in [0.25, 0.3) is 5.91 Å². The van der Waals surface area contributed by atoms with Crippen LogP contribution in [0.1, 0.15) is 29.7 Å². The first-order valence-corrected chi connectivity index (χ1v) is 9.45. The van der Waals surface area contributed by atoms with Gasteiger partial charge in [-0.25, -0.2) is 4.39 Å². The molecule has 30 heavy (non-hydrogen) atoms. The lowest BCUT2D eigenvalue weighted by atomic mass is 10.1. The van der Waals surface area contributed by atoms with Crippen LogP contribution in [0.3, 0.4) is 0 Å². The standard InChI is InChI=1S/C22H29FN4O2.HI/c1-15-9-10-18(12-20(15)23)16(2)26-22(24-3)25-13-17-7-6-8-19(11-17)29-14-21(28)27(4)5;/h6-12,16H,13-14H2,1-5H3,(H2,24,25,26);1H. The maximum atomic E-state index is 13.8. The number of ether oxygens (including phenoxy) is 1. The SMILES string of the molecule is CN=C(NCc1cccc(OCC(=O)N(C)C)c1)NC(C)c1ccc(C)c(F)c1.I. The van der Waals surface area contributed by atoms with Crippen molar-refractivity contribution >= 4 is 35.8 Å². The van der Waals surface area contributed by atoms with Gasteiger partial charge in [-0.2, -0.15) is 0 Å². The van der Waals surface area contributed by atoms with Crippen molar-refractivity contribution in [3.63, 3.8) is 0 Å². The lowest BCUT2D eigenvalue weighted by Crippen LogP contribution is -2.38. The number of hydrogen-bond acceptors (Lipinski definition) is 3. The van der Waals surface area contributed by atoms with Crippen LogP contribution >= 0.6 is 24.0 Å². The zero-order valence-corrected chi connectivity index (χ0v) is 20.4. The first kappa shape index (κ1) is 25.7. The molecule has 0 aliphatic carbocycles. The van der Waals surface area contributed by atoms with Gasteiger partial charge in [-0.1, -0.05) is 24.3 Å². The molecule has 2 aromatic rings. The zero-order valence-electron chi connectivity index (χ0n) is 18.0. The Labute approximate surface area is 194 Å². The Balaban J connectivity index is 0.00000450. The van der Waals surface area contributed by atoms with E-state index in [-0.39, 0.29) is 48.3 Å². The van der Waals surface area contributed by atoms with E-state index in [1.54, 1.807) is 34.1 Å². The van der Waals surface area contributed by atoms with Crippen LogP contribution in [0.15, 0.2) is 47.5 Å². The molecule has 0 fully saturated rings. The molecule has 0 bridgehead atoms. The minimum Gasteiger partial charge on any atom is -0.484 e. The number of hydrogen-bond donors (Lipinski definition) is 2. The maximum absolute atomic E-state index is 13.8. The first-order valence-electron chi connectivity index (χ1n) is 9.45. The molecule has 8 heteroatoms. The Kier molecular flexibility index (Phi) is 10.6. The fraction of sp³-hybridized carbons (Fsp3) is 0.364. The number of carbonyl (C=O) groups excluding carboxylic acids is 1. The van der Waals surface area contributed by atoms with Crippen LogP contribution in [0.2, 0.25) is 0 Å². The van der Waals surface area contributed by atoms with Gasteiger partial charge in [0.2, 0.25) is 0 Å². The number of amides is 1. The second kappa shape index (κ2) is 12.4. The number of nitrogens with one attached hydrogen (secondary N) is 2. The molecule has 0 saturated heterocycles. The van der Waals surface area contributed by atoms with Crippen molar-refractivity contribution in [1.29, 1.82) is 0 Å². The molecule has 0 aromatic heterocycles. The van der Waals surface area contributed by atoms with Crippen molar-refractivity contribution < 1.29 is 13.9 Å². The molecule has 0 saturated carbocycles. The van der Waals surface area contributed by atoms with E-state index in [1.807, 2.05) is 37.3 Å². The third-order valence-electron chi connectivity index (χ3n) is 4.49. The van der Waals surface area contributed by atoms with Crippen molar-refractivity contribution in [3.05, 3.63) is 65.0 Å². The van der Waals surface area contributed by atoms with Crippen LogP contribution < -0.4 is 15.4 Å². The summed E-state index contributed by atoms with van der Waals surface area (Å²) in [4.78, 5) is 17.4. The molecule has 0 aliphatic heterocycles. The summed E-state index contributed by atoms with van der Waals surface area (Å²) in [6.07, 6.45) is 0. The monoisotopic (exact) mass is 528 g/mol. The molecule has 164 valence electrons. The molecule has 6 nitrogen and oxygen atoms in total. The fourth-order valence-electron chi connectivity index (χ4n) is 2.57. The summed E-state index contributed by atoms with van der Waals surface area (Å²) >= 11 is 0.